The number of benzene rings is 1. The molecule has 0 aliphatic heterocycles. The van der Waals surface area contributed by atoms with E-state index in [0.29, 0.717) is 0 Å². The van der Waals surface area contributed by atoms with Crippen LogP contribution in [0.5, 0.6) is 0 Å². The third-order valence-electron chi connectivity index (χ3n) is 1.85. The van der Waals surface area contributed by atoms with E-state index in [1.807, 2.05) is 41.5 Å². The van der Waals surface area contributed by atoms with Crippen LogP contribution in [0, 0.1) is 11.8 Å². The van der Waals surface area contributed by atoms with Crippen LogP contribution in [0.2, 0.25) is 0 Å². The highest BCUT2D eigenvalue weighted by molar-refractivity contribution is 5.14. The highest BCUT2D eigenvalue weighted by Gasteiger charge is 1.94. The van der Waals surface area contributed by atoms with Gasteiger partial charge in [-0.1, -0.05) is 114 Å². The maximum absolute atomic E-state index is 2.27. The quantitative estimate of drug-likeness (QED) is 0.523. The van der Waals surface area contributed by atoms with Crippen molar-refractivity contribution < 1.29 is 0 Å². The third kappa shape index (κ3) is 42.7. The lowest BCUT2D eigenvalue weighted by atomic mass is 10.0. The van der Waals surface area contributed by atoms with E-state index < -0.39 is 0 Å². The molecule has 0 N–H and O–H groups in total. The molecule has 0 heterocycles. The van der Waals surface area contributed by atoms with Gasteiger partial charge >= 0.3 is 0 Å². The lowest BCUT2D eigenvalue weighted by Gasteiger charge is -2.03. The summed E-state index contributed by atoms with van der Waals surface area (Å²) in [6, 6.07) is 10.7. The van der Waals surface area contributed by atoms with Crippen molar-refractivity contribution in [3.8, 4) is 0 Å². The van der Waals surface area contributed by atoms with Crippen LogP contribution in [0.15, 0.2) is 30.3 Å². The van der Waals surface area contributed by atoms with E-state index in [1.54, 1.807) is 0 Å². The second-order valence-electron chi connectivity index (χ2n) is 5.15. The van der Waals surface area contributed by atoms with Gasteiger partial charge in [0.1, 0.15) is 0 Å². The molecule has 0 saturated carbocycles. The fourth-order valence-electron chi connectivity index (χ4n) is 1.10. The van der Waals surface area contributed by atoms with E-state index >= 15 is 0 Å². The second-order valence-corrected chi connectivity index (χ2v) is 5.15. The molecule has 0 radical (unpaired) electrons. The zero-order valence-corrected chi connectivity index (χ0v) is 17.0. The van der Waals surface area contributed by atoms with Gasteiger partial charge in [-0.2, -0.15) is 0 Å². The zero-order chi connectivity index (χ0) is 17.7. The summed E-state index contributed by atoms with van der Waals surface area (Å²) in [6.07, 6.45) is 2.52. The minimum absolute atomic E-state index is 0. The van der Waals surface area contributed by atoms with Crippen LogP contribution in [-0.4, -0.2) is 0 Å². The highest BCUT2D eigenvalue weighted by atomic mass is 14.0. The molecule has 1 aromatic rings. The zero-order valence-electron chi connectivity index (χ0n) is 17.0. The van der Waals surface area contributed by atoms with Crippen LogP contribution in [0.25, 0.3) is 0 Å². The van der Waals surface area contributed by atoms with Crippen LogP contribution in [0.4, 0.5) is 0 Å². The van der Waals surface area contributed by atoms with Gasteiger partial charge in [0, 0.05) is 0 Å². The summed E-state index contributed by atoms with van der Waals surface area (Å²) >= 11 is 0. The minimum atomic E-state index is 0. The summed E-state index contributed by atoms with van der Waals surface area (Å²) in [5.41, 5.74) is 1.46. The molecule has 0 aromatic heterocycles. The number of rotatable bonds is 3. The average Bonchev–Trinajstić information content (AvgIpc) is 2.52. The van der Waals surface area contributed by atoms with E-state index in [2.05, 4.69) is 65.0 Å². The Kier molecular flexibility index (Phi) is 48.3. The summed E-state index contributed by atoms with van der Waals surface area (Å²) in [6.45, 7) is 23.0. The summed E-state index contributed by atoms with van der Waals surface area (Å²) in [4.78, 5) is 0. The Morgan fingerprint density at radius 2 is 1.00 bits per heavy atom. The topological polar surface area (TPSA) is 0 Å². The fourth-order valence-corrected chi connectivity index (χ4v) is 1.10. The maximum Gasteiger partial charge on any atom is -0.0276 e. The Labute approximate surface area is 144 Å². The van der Waals surface area contributed by atoms with Crippen molar-refractivity contribution in [2.24, 2.45) is 11.8 Å². The van der Waals surface area contributed by atoms with E-state index in [4.69, 9.17) is 0 Å². The number of aryl methyl sites for hydroxylation is 1. The monoisotopic (exact) mass is 312 g/mol. The molecule has 1 rings (SSSR count). The molecule has 0 aliphatic rings. The van der Waals surface area contributed by atoms with Crippen molar-refractivity contribution in [2.75, 3.05) is 0 Å². The Bertz CT molecular complexity index is 218. The Morgan fingerprint density at radius 3 is 1.27 bits per heavy atom. The Hall–Kier alpha value is -0.780. The first-order valence-electron chi connectivity index (χ1n) is 9.06. The second kappa shape index (κ2) is 32.2. The molecule has 0 heteroatoms. The molecule has 0 fully saturated rings. The van der Waals surface area contributed by atoms with E-state index in [9.17, 15) is 0 Å². The highest BCUT2D eigenvalue weighted by Crippen LogP contribution is 2.07. The molecular formula is C22H48. The SMILES string of the molecule is C.CC.CC.CC.CC(C)C.CC(C)CCc1ccccc1. The molecular weight excluding hydrogens is 264 g/mol. The molecule has 0 amide bonds. The van der Waals surface area contributed by atoms with Crippen molar-refractivity contribution >= 4 is 0 Å². The van der Waals surface area contributed by atoms with Gasteiger partial charge < -0.3 is 0 Å². The smallest absolute Gasteiger partial charge is 0.0276 e. The van der Waals surface area contributed by atoms with Crippen molar-refractivity contribution in [3.63, 3.8) is 0 Å². The van der Waals surface area contributed by atoms with Gasteiger partial charge in [0.2, 0.25) is 0 Å². The van der Waals surface area contributed by atoms with E-state index in [1.165, 1.54) is 18.4 Å². The molecule has 0 nitrogen and oxygen atoms in total. The molecule has 0 bridgehead atoms. The molecule has 136 valence electrons. The largest absolute Gasteiger partial charge is 0.0776 e. The molecule has 22 heavy (non-hydrogen) atoms. The standard InChI is InChI=1S/C11H16.C4H10.3C2H6.CH4/c1-10(2)8-9-11-6-4-3-5-7-11;1-4(2)3;3*1-2;/h3-7,10H,8-9H2,1-2H3;4H,1-3H3;3*1-2H3;1H4. The lowest BCUT2D eigenvalue weighted by molar-refractivity contribution is 0.587. The van der Waals surface area contributed by atoms with Crippen LogP contribution < -0.4 is 0 Å². The molecule has 0 saturated heterocycles. The van der Waals surface area contributed by atoms with Crippen LogP contribution in [0.3, 0.4) is 0 Å². The summed E-state index contributed by atoms with van der Waals surface area (Å²) in [7, 11) is 0. The molecule has 1 aromatic carbocycles. The minimum Gasteiger partial charge on any atom is -0.0776 e. The van der Waals surface area contributed by atoms with Crippen molar-refractivity contribution in [3.05, 3.63) is 35.9 Å². The lowest BCUT2D eigenvalue weighted by Crippen LogP contribution is -1.91. The summed E-state index contributed by atoms with van der Waals surface area (Å²) in [5, 5.41) is 0. The van der Waals surface area contributed by atoms with Gasteiger partial charge in [-0.3, -0.25) is 0 Å². The van der Waals surface area contributed by atoms with Gasteiger partial charge in [0.25, 0.3) is 0 Å². The van der Waals surface area contributed by atoms with Gasteiger partial charge in [-0.25, -0.2) is 0 Å². The molecule has 0 spiro atoms. The number of hydrogen-bond donors (Lipinski definition) is 0. The van der Waals surface area contributed by atoms with E-state index in [-0.39, 0.29) is 7.43 Å². The van der Waals surface area contributed by atoms with Crippen LogP contribution >= 0.6 is 0 Å². The van der Waals surface area contributed by atoms with Crippen LogP contribution in [-0.2, 0) is 6.42 Å². The van der Waals surface area contributed by atoms with Gasteiger partial charge in [-0.15, -0.1) is 0 Å². The first-order chi connectivity index (χ1) is 10.0. The van der Waals surface area contributed by atoms with Gasteiger partial charge in [0.15, 0.2) is 0 Å². The van der Waals surface area contributed by atoms with Crippen molar-refractivity contribution in [2.45, 2.75) is 96.4 Å². The summed E-state index contributed by atoms with van der Waals surface area (Å²) in [5.74, 6) is 1.65. The Morgan fingerprint density at radius 1 is 0.682 bits per heavy atom. The molecule has 0 aliphatic carbocycles. The predicted molar refractivity (Wildman–Crippen MR) is 111 cm³/mol. The third-order valence-corrected chi connectivity index (χ3v) is 1.85. The molecule has 0 atom stereocenters. The first kappa shape index (κ1) is 33.0. The maximum atomic E-state index is 2.27. The van der Waals surface area contributed by atoms with Gasteiger partial charge in [-0.05, 0) is 30.2 Å². The predicted octanol–water partition coefficient (Wildman–Crippen LogP) is 8.65. The normalized spacial score (nSPS) is 7.68. The number of hydrogen-bond acceptors (Lipinski definition) is 0. The van der Waals surface area contributed by atoms with Gasteiger partial charge in [0.05, 0.1) is 0 Å². The van der Waals surface area contributed by atoms with Crippen LogP contribution in [0.1, 0.15) is 95.6 Å². The summed E-state index contributed by atoms with van der Waals surface area (Å²) < 4.78 is 0. The van der Waals surface area contributed by atoms with Crippen molar-refractivity contribution in [1.29, 1.82) is 0 Å². The van der Waals surface area contributed by atoms with E-state index in [0.717, 1.165) is 11.8 Å². The van der Waals surface area contributed by atoms with Crippen molar-refractivity contribution in [1.82, 2.24) is 0 Å². The first-order valence-corrected chi connectivity index (χ1v) is 9.06. The average molecular weight is 313 g/mol. The molecule has 0 unspecified atom stereocenters. The Balaban J connectivity index is -0.0000000746. The fraction of sp³-hybridized carbons (Fsp3) is 0.727.